The van der Waals surface area contributed by atoms with Crippen LogP contribution in [0.4, 0.5) is 5.69 Å². The van der Waals surface area contributed by atoms with Gasteiger partial charge in [0.05, 0.1) is 11.4 Å². The van der Waals surface area contributed by atoms with Crippen molar-refractivity contribution in [2.45, 2.75) is 0 Å². The molecule has 1 aromatic carbocycles. The third-order valence-corrected chi connectivity index (χ3v) is 3.28. The molecule has 3 amide bonds. The van der Waals surface area contributed by atoms with Crippen LogP contribution in [0.5, 0.6) is 5.75 Å². The van der Waals surface area contributed by atoms with Gasteiger partial charge in [-0.2, -0.15) is 11.8 Å². The highest BCUT2D eigenvalue weighted by Crippen LogP contribution is 2.30. The van der Waals surface area contributed by atoms with Crippen LogP contribution in [0.3, 0.4) is 0 Å². The van der Waals surface area contributed by atoms with Crippen molar-refractivity contribution in [3.63, 3.8) is 0 Å². The molecule has 0 aliphatic carbocycles. The summed E-state index contributed by atoms with van der Waals surface area (Å²) < 4.78 is 5.28. The first-order valence-corrected chi connectivity index (χ1v) is 7.60. The van der Waals surface area contributed by atoms with Crippen LogP contribution in [0.1, 0.15) is 0 Å². The van der Waals surface area contributed by atoms with Crippen molar-refractivity contribution < 1.29 is 19.1 Å². The lowest BCUT2D eigenvalue weighted by atomic mass is 10.2. The van der Waals surface area contributed by atoms with Crippen molar-refractivity contribution in [1.82, 2.24) is 10.9 Å². The minimum Gasteiger partial charge on any atom is -0.482 e. The maximum Gasteiger partial charge on any atom is 0.265 e. The zero-order chi connectivity index (χ0) is 15.2. The zero-order valence-electron chi connectivity index (χ0n) is 11.4. The summed E-state index contributed by atoms with van der Waals surface area (Å²) in [6.07, 6.45) is 1.78. The van der Waals surface area contributed by atoms with Gasteiger partial charge in [-0.25, -0.2) is 0 Å². The largest absolute Gasteiger partial charge is 0.482 e. The summed E-state index contributed by atoms with van der Waals surface area (Å²) in [7, 11) is 0. The molecule has 112 valence electrons. The number of anilines is 1. The molecule has 2 N–H and O–H groups in total. The van der Waals surface area contributed by atoms with Crippen LogP contribution in [0.15, 0.2) is 24.3 Å². The third-order valence-electron chi connectivity index (χ3n) is 2.73. The summed E-state index contributed by atoms with van der Waals surface area (Å²) >= 11 is 1.34. The number of nitrogens with zero attached hydrogens (tertiary/aromatic N) is 1. The highest BCUT2D eigenvalue weighted by atomic mass is 32.2. The van der Waals surface area contributed by atoms with Gasteiger partial charge in [0.15, 0.2) is 6.61 Å². The van der Waals surface area contributed by atoms with Crippen LogP contribution in [0.2, 0.25) is 0 Å². The first kappa shape index (κ1) is 15.2. The highest BCUT2D eigenvalue weighted by Gasteiger charge is 2.26. The molecule has 1 heterocycles. The quantitative estimate of drug-likeness (QED) is 0.760. The molecule has 0 atom stereocenters. The fourth-order valence-electron chi connectivity index (χ4n) is 1.82. The van der Waals surface area contributed by atoms with E-state index in [2.05, 4.69) is 10.9 Å². The van der Waals surface area contributed by atoms with Gasteiger partial charge in [-0.1, -0.05) is 12.1 Å². The van der Waals surface area contributed by atoms with E-state index < -0.39 is 5.91 Å². The number of carbonyl (C=O) groups excluding carboxylic acids is 3. The number of rotatable bonds is 4. The molecule has 0 spiro atoms. The van der Waals surface area contributed by atoms with Crippen LogP contribution < -0.4 is 20.5 Å². The van der Waals surface area contributed by atoms with Crippen LogP contribution in [0.25, 0.3) is 0 Å². The fourth-order valence-corrected chi connectivity index (χ4v) is 2.15. The summed E-state index contributed by atoms with van der Waals surface area (Å²) in [5.41, 5.74) is 5.10. The fraction of sp³-hybridized carbons (Fsp3) is 0.308. The van der Waals surface area contributed by atoms with Crippen molar-refractivity contribution in [3.05, 3.63) is 24.3 Å². The molecule has 0 bridgehead atoms. The summed E-state index contributed by atoms with van der Waals surface area (Å²) in [5, 5.41) is 0. The standard InChI is InChI=1S/C13H15N3O4S/c1-21-8-12(18)15-14-11(17)6-16-9-4-2-3-5-10(9)20-7-13(16)19/h2-5H,6-8H2,1H3,(H,14,17)(H,15,18). The van der Waals surface area contributed by atoms with Gasteiger partial charge < -0.3 is 4.74 Å². The smallest absolute Gasteiger partial charge is 0.265 e. The number of benzene rings is 1. The Morgan fingerprint density at radius 1 is 1.29 bits per heavy atom. The predicted octanol–water partition coefficient (Wildman–Crippen LogP) is -0.0776. The molecular formula is C13H15N3O4S. The van der Waals surface area contributed by atoms with E-state index >= 15 is 0 Å². The van der Waals surface area contributed by atoms with Gasteiger partial charge in [-0.15, -0.1) is 0 Å². The summed E-state index contributed by atoms with van der Waals surface area (Å²) in [6.45, 7) is -0.290. The number of ether oxygens (including phenoxy) is 1. The number of fused-ring (bicyclic) bond motifs is 1. The normalized spacial score (nSPS) is 13.2. The second-order valence-corrected chi connectivity index (χ2v) is 5.13. The van der Waals surface area contributed by atoms with E-state index in [0.717, 1.165) is 0 Å². The van der Waals surface area contributed by atoms with E-state index in [9.17, 15) is 14.4 Å². The molecular weight excluding hydrogens is 294 g/mol. The average Bonchev–Trinajstić information content (AvgIpc) is 2.48. The molecule has 0 saturated carbocycles. The lowest BCUT2D eigenvalue weighted by molar-refractivity contribution is -0.128. The van der Waals surface area contributed by atoms with E-state index in [1.54, 1.807) is 30.5 Å². The van der Waals surface area contributed by atoms with Crippen molar-refractivity contribution in [3.8, 4) is 5.75 Å². The van der Waals surface area contributed by atoms with Crippen LogP contribution in [-0.2, 0) is 14.4 Å². The van der Waals surface area contributed by atoms with Gasteiger partial charge in [-0.05, 0) is 18.4 Å². The molecule has 21 heavy (non-hydrogen) atoms. The maximum atomic E-state index is 11.9. The number of hydrogen-bond donors (Lipinski definition) is 2. The van der Waals surface area contributed by atoms with Crippen LogP contribution >= 0.6 is 11.8 Å². The van der Waals surface area contributed by atoms with E-state index in [1.165, 1.54) is 16.7 Å². The molecule has 0 unspecified atom stereocenters. The van der Waals surface area contributed by atoms with E-state index in [4.69, 9.17) is 4.74 Å². The van der Waals surface area contributed by atoms with E-state index in [0.29, 0.717) is 11.4 Å². The number of hydrogen-bond acceptors (Lipinski definition) is 5. The monoisotopic (exact) mass is 309 g/mol. The minimum atomic E-state index is -0.477. The van der Waals surface area contributed by atoms with E-state index in [-0.39, 0.29) is 30.7 Å². The Morgan fingerprint density at radius 3 is 2.76 bits per heavy atom. The van der Waals surface area contributed by atoms with Gasteiger partial charge in [-0.3, -0.25) is 30.1 Å². The number of thioether (sulfide) groups is 1. The molecule has 2 rings (SSSR count). The summed E-state index contributed by atoms with van der Waals surface area (Å²) in [4.78, 5) is 36.3. The number of nitrogens with one attached hydrogen (secondary N) is 2. The Balaban J connectivity index is 1.97. The van der Waals surface area contributed by atoms with Crippen molar-refractivity contribution in [2.24, 2.45) is 0 Å². The zero-order valence-corrected chi connectivity index (χ0v) is 12.2. The second kappa shape index (κ2) is 6.98. The second-order valence-electron chi connectivity index (χ2n) is 4.27. The molecule has 7 nitrogen and oxygen atoms in total. The van der Waals surface area contributed by atoms with Crippen molar-refractivity contribution >= 4 is 35.2 Å². The Morgan fingerprint density at radius 2 is 2.00 bits per heavy atom. The Hall–Kier alpha value is -2.22. The Bertz CT molecular complexity index is 564. The maximum absolute atomic E-state index is 11.9. The lowest BCUT2D eigenvalue weighted by Crippen LogP contribution is -2.50. The van der Waals surface area contributed by atoms with Crippen molar-refractivity contribution in [2.75, 3.05) is 30.1 Å². The number of para-hydroxylation sites is 2. The SMILES string of the molecule is CSCC(=O)NNC(=O)CN1C(=O)COc2ccccc21. The average molecular weight is 309 g/mol. The third kappa shape index (κ3) is 3.88. The van der Waals surface area contributed by atoms with Gasteiger partial charge >= 0.3 is 0 Å². The molecule has 1 aromatic rings. The molecule has 0 radical (unpaired) electrons. The number of hydrazine groups is 1. The molecule has 8 heteroatoms. The molecule has 1 aliphatic rings. The molecule has 0 saturated heterocycles. The van der Waals surface area contributed by atoms with Gasteiger partial charge in [0, 0.05) is 0 Å². The van der Waals surface area contributed by atoms with Gasteiger partial charge in [0.2, 0.25) is 5.91 Å². The number of amides is 3. The lowest BCUT2D eigenvalue weighted by Gasteiger charge is -2.28. The first-order chi connectivity index (χ1) is 10.1. The van der Waals surface area contributed by atoms with Crippen molar-refractivity contribution in [1.29, 1.82) is 0 Å². The van der Waals surface area contributed by atoms with Crippen LogP contribution in [0, 0.1) is 0 Å². The Labute approximate surface area is 126 Å². The van der Waals surface area contributed by atoms with E-state index in [1.807, 2.05) is 0 Å². The molecule has 0 aromatic heterocycles. The Kier molecular flexibility index (Phi) is 5.04. The topological polar surface area (TPSA) is 87.7 Å². The predicted molar refractivity (Wildman–Crippen MR) is 79.0 cm³/mol. The van der Waals surface area contributed by atoms with Crippen LogP contribution in [-0.4, -0.2) is 42.9 Å². The summed E-state index contributed by atoms with van der Waals surface area (Å²) in [6, 6.07) is 6.97. The highest BCUT2D eigenvalue weighted by molar-refractivity contribution is 7.99. The van der Waals surface area contributed by atoms with Gasteiger partial charge in [0.1, 0.15) is 12.3 Å². The number of carbonyl (C=O) groups is 3. The molecule has 0 fully saturated rings. The molecule has 1 aliphatic heterocycles. The van der Waals surface area contributed by atoms with Gasteiger partial charge in [0.25, 0.3) is 11.8 Å². The minimum absolute atomic E-state index is 0.108. The summed E-state index contributed by atoms with van der Waals surface area (Å²) in [5.74, 6) is -0.283. The first-order valence-electron chi connectivity index (χ1n) is 6.20.